The highest BCUT2D eigenvalue weighted by Gasteiger charge is 2.28. The van der Waals surface area contributed by atoms with E-state index in [2.05, 4.69) is 46.0 Å². The number of likely N-dealkylation sites (N-methyl/N-ethyl adjacent to an activating group) is 1. The number of piperazine rings is 1. The molecular weight excluding hydrogens is 419 g/mol. The van der Waals surface area contributed by atoms with Crippen molar-refractivity contribution in [3.05, 3.63) is 77.2 Å². The Morgan fingerprint density at radius 1 is 1.09 bits per heavy atom. The predicted molar refractivity (Wildman–Crippen MR) is 130 cm³/mol. The van der Waals surface area contributed by atoms with Crippen molar-refractivity contribution in [1.29, 1.82) is 0 Å². The summed E-state index contributed by atoms with van der Waals surface area (Å²) < 4.78 is 17.1. The van der Waals surface area contributed by atoms with E-state index in [1.165, 1.54) is 6.07 Å². The molecule has 1 aromatic carbocycles. The number of nitrogens with one attached hydrogen (secondary N) is 2. The van der Waals surface area contributed by atoms with Crippen LogP contribution >= 0.6 is 0 Å². The average Bonchev–Trinajstić information content (AvgIpc) is 3.27. The van der Waals surface area contributed by atoms with Gasteiger partial charge < -0.3 is 15.2 Å². The minimum atomic E-state index is -0.247. The molecule has 0 bridgehead atoms. The molecule has 0 saturated carbocycles. The number of aromatic amines is 1. The summed E-state index contributed by atoms with van der Waals surface area (Å²) in [5.74, 6) is -0.247. The second kappa shape index (κ2) is 8.37. The SMILES string of the molecule is C[C@@H]1CN(c2ccc(Nc3ccc(-c4cc[nH]c(=O)c4)n4ccnc34)cc2F)[C@@H](C)CN1C. The molecule has 0 aliphatic carbocycles. The van der Waals surface area contributed by atoms with Gasteiger partial charge in [0.1, 0.15) is 5.82 Å². The Balaban J connectivity index is 1.44. The van der Waals surface area contributed by atoms with Crippen molar-refractivity contribution in [2.75, 3.05) is 30.4 Å². The minimum Gasteiger partial charge on any atom is -0.364 e. The van der Waals surface area contributed by atoms with Gasteiger partial charge in [0.25, 0.3) is 0 Å². The normalized spacial score (nSPS) is 19.2. The summed E-state index contributed by atoms with van der Waals surface area (Å²) in [5, 5.41) is 3.30. The van der Waals surface area contributed by atoms with Gasteiger partial charge in [0.15, 0.2) is 5.65 Å². The molecule has 1 aliphatic rings. The average molecular weight is 447 g/mol. The maximum absolute atomic E-state index is 15.2. The number of nitrogens with zero attached hydrogens (tertiary/aromatic N) is 4. The number of benzene rings is 1. The molecule has 0 radical (unpaired) electrons. The predicted octanol–water partition coefficient (Wildman–Crippen LogP) is 4.10. The van der Waals surface area contributed by atoms with Crippen LogP contribution in [0.15, 0.2) is 65.8 Å². The molecule has 1 fully saturated rings. The molecular formula is C25H27FN6O. The molecule has 170 valence electrons. The van der Waals surface area contributed by atoms with Gasteiger partial charge in [-0.3, -0.25) is 14.1 Å². The van der Waals surface area contributed by atoms with Gasteiger partial charge in [-0.05, 0) is 57.3 Å². The number of H-pyrrole nitrogens is 1. The summed E-state index contributed by atoms with van der Waals surface area (Å²) >= 11 is 0. The lowest BCUT2D eigenvalue weighted by Crippen LogP contribution is -2.55. The molecule has 0 spiro atoms. The third-order valence-electron chi connectivity index (χ3n) is 6.45. The second-order valence-corrected chi connectivity index (χ2v) is 8.78. The first-order chi connectivity index (χ1) is 15.9. The zero-order valence-corrected chi connectivity index (χ0v) is 18.9. The Morgan fingerprint density at radius 2 is 1.94 bits per heavy atom. The third-order valence-corrected chi connectivity index (χ3v) is 6.45. The van der Waals surface area contributed by atoms with Crippen LogP contribution in [0.25, 0.3) is 16.9 Å². The summed E-state index contributed by atoms with van der Waals surface area (Å²) in [6.07, 6.45) is 5.17. The number of pyridine rings is 2. The Morgan fingerprint density at radius 3 is 2.73 bits per heavy atom. The van der Waals surface area contributed by atoms with E-state index in [0.717, 1.165) is 30.0 Å². The lowest BCUT2D eigenvalue weighted by atomic mass is 10.1. The van der Waals surface area contributed by atoms with E-state index in [4.69, 9.17) is 0 Å². The van der Waals surface area contributed by atoms with Crippen LogP contribution in [0.2, 0.25) is 0 Å². The van der Waals surface area contributed by atoms with Gasteiger partial charge in [0.2, 0.25) is 5.56 Å². The van der Waals surface area contributed by atoms with Crippen LogP contribution in [0, 0.1) is 5.82 Å². The van der Waals surface area contributed by atoms with Gasteiger partial charge >= 0.3 is 0 Å². The van der Waals surface area contributed by atoms with Gasteiger partial charge in [-0.15, -0.1) is 0 Å². The monoisotopic (exact) mass is 446 g/mol. The summed E-state index contributed by atoms with van der Waals surface area (Å²) in [5.41, 5.74) is 4.20. The largest absolute Gasteiger partial charge is 0.364 e. The Hall–Kier alpha value is -3.65. The quantitative estimate of drug-likeness (QED) is 0.494. The zero-order valence-electron chi connectivity index (χ0n) is 18.9. The van der Waals surface area contributed by atoms with E-state index in [9.17, 15) is 4.79 Å². The summed E-state index contributed by atoms with van der Waals surface area (Å²) in [4.78, 5) is 23.3. The number of hydrogen-bond donors (Lipinski definition) is 2. The molecule has 8 heteroatoms. The molecule has 4 aromatic rings. The number of halogens is 1. The fourth-order valence-corrected chi connectivity index (χ4v) is 4.56. The molecule has 1 saturated heterocycles. The van der Waals surface area contributed by atoms with Gasteiger partial charge in [-0.1, -0.05) is 0 Å². The number of anilines is 3. The molecule has 2 N–H and O–H groups in total. The van der Waals surface area contributed by atoms with Crippen LogP contribution in [0.5, 0.6) is 0 Å². The van der Waals surface area contributed by atoms with E-state index >= 15 is 4.39 Å². The first-order valence-electron chi connectivity index (χ1n) is 11.1. The number of rotatable bonds is 4. The van der Waals surface area contributed by atoms with E-state index in [-0.39, 0.29) is 17.4 Å². The molecule has 0 unspecified atom stereocenters. The van der Waals surface area contributed by atoms with E-state index < -0.39 is 0 Å². The number of hydrogen-bond acceptors (Lipinski definition) is 5. The third kappa shape index (κ3) is 3.98. The first-order valence-corrected chi connectivity index (χ1v) is 11.1. The summed E-state index contributed by atoms with van der Waals surface area (Å²) in [6.45, 7) is 5.99. The molecule has 2 atom stereocenters. The Kier molecular flexibility index (Phi) is 5.38. The number of fused-ring (bicyclic) bond motifs is 1. The highest BCUT2D eigenvalue weighted by molar-refractivity contribution is 5.78. The molecule has 5 rings (SSSR count). The minimum absolute atomic E-state index is 0.164. The number of imidazole rings is 1. The second-order valence-electron chi connectivity index (χ2n) is 8.78. The van der Waals surface area contributed by atoms with Crippen molar-refractivity contribution in [2.45, 2.75) is 25.9 Å². The standard InChI is InChI=1S/C25H27FN6O/c1-16-15-32(17(2)14-30(16)3)23-6-4-19(13-20(23)26)29-21-5-7-22(31-11-10-28-25(21)31)18-8-9-27-24(33)12-18/h4-13,16-17,29H,14-15H2,1-3H3,(H,27,33)/t16-,17+/m1/s1. The fourth-order valence-electron chi connectivity index (χ4n) is 4.56. The Bertz CT molecular complexity index is 1360. The van der Waals surface area contributed by atoms with E-state index in [1.54, 1.807) is 18.5 Å². The van der Waals surface area contributed by atoms with Crippen molar-refractivity contribution in [2.24, 2.45) is 0 Å². The van der Waals surface area contributed by atoms with Crippen molar-refractivity contribution < 1.29 is 4.39 Å². The van der Waals surface area contributed by atoms with Crippen LogP contribution in [0.3, 0.4) is 0 Å². The smallest absolute Gasteiger partial charge is 0.248 e. The first kappa shape index (κ1) is 21.2. The maximum atomic E-state index is 15.2. The highest BCUT2D eigenvalue weighted by atomic mass is 19.1. The summed E-state index contributed by atoms with van der Waals surface area (Å²) in [7, 11) is 2.11. The molecule has 33 heavy (non-hydrogen) atoms. The van der Waals surface area contributed by atoms with Crippen molar-refractivity contribution in [1.82, 2.24) is 19.3 Å². The lowest BCUT2D eigenvalue weighted by molar-refractivity contribution is 0.205. The topological polar surface area (TPSA) is 68.7 Å². The van der Waals surface area contributed by atoms with Crippen molar-refractivity contribution in [3.63, 3.8) is 0 Å². The van der Waals surface area contributed by atoms with Gasteiger partial charge in [0.05, 0.1) is 17.1 Å². The molecule has 4 heterocycles. The van der Waals surface area contributed by atoms with Gasteiger partial charge in [-0.25, -0.2) is 9.37 Å². The molecule has 1 aliphatic heterocycles. The summed E-state index contributed by atoms with van der Waals surface area (Å²) in [6, 6.07) is 13.1. The van der Waals surface area contributed by atoms with Crippen LogP contribution in [0.1, 0.15) is 13.8 Å². The van der Waals surface area contributed by atoms with E-state index in [0.29, 0.717) is 23.1 Å². The number of aromatic nitrogens is 3. The van der Waals surface area contributed by atoms with Crippen LogP contribution in [0.4, 0.5) is 21.5 Å². The highest BCUT2D eigenvalue weighted by Crippen LogP contribution is 2.31. The maximum Gasteiger partial charge on any atom is 0.248 e. The van der Waals surface area contributed by atoms with Crippen LogP contribution in [-0.2, 0) is 0 Å². The molecule has 7 nitrogen and oxygen atoms in total. The zero-order chi connectivity index (χ0) is 23.1. The fraction of sp³-hybridized carbons (Fsp3) is 0.280. The van der Waals surface area contributed by atoms with Gasteiger partial charge in [0, 0.05) is 61.1 Å². The van der Waals surface area contributed by atoms with Crippen LogP contribution < -0.4 is 15.8 Å². The molecule has 0 amide bonds. The van der Waals surface area contributed by atoms with E-state index in [1.807, 2.05) is 40.9 Å². The van der Waals surface area contributed by atoms with Gasteiger partial charge in [-0.2, -0.15) is 0 Å². The van der Waals surface area contributed by atoms with Crippen molar-refractivity contribution >= 4 is 22.7 Å². The molecule has 3 aromatic heterocycles. The Labute approximate surface area is 191 Å². The lowest BCUT2D eigenvalue weighted by Gasteiger charge is -2.43. The van der Waals surface area contributed by atoms with Crippen molar-refractivity contribution in [3.8, 4) is 11.3 Å². The van der Waals surface area contributed by atoms with Crippen LogP contribution in [-0.4, -0.2) is 51.5 Å².